The number of hydrogen-bond acceptors (Lipinski definition) is 2. The fourth-order valence-corrected chi connectivity index (χ4v) is 1.46. The third-order valence-electron chi connectivity index (χ3n) is 2.44. The molecule has 0 radical (unpaired) electrons. The summed E-state index contributed by atoms with van der Waals surface area (Å²) in [5.74, 6) is 0.415. The molecule has 2 heteroatoms. The van der Waals surface area contributed by atoms with Crippen LogP contribution in [0.5, 0.6) is 0 Å². The molecule has 1 heterocycles. The highest BCUT2D eigenvalue weighted by molar-refractivity contribution is 5.80. The van der Waals surface area contributed by atoms with E-state index >= 15 is 0 Å². The zero-order chi connectivity index (χ0) is 7.72. The van der Waals surface area contributed by atoms with Crippen molar-refractivity contribution in [2.75, 3.05) is 7.05 Å². The van der Waals surface area contributed by atoms with Crippen molar-refractivity contribution in [3.05, 3.63) is 0 Å². The molecule has 2 atom stereocenters. The summed E-state index contributed by atoms with van der Waals surface area (Å²) in [5, 5.41) is 0. The highest BCUT2D eigenvalue weighted by Crippen LogP contribution is 2.17. The van der Waals surface area contributed by atoms with Gasteiger partial charge in [-0.25, -0.2) is 0 Å². The van der Waals surface area contributed by atoms with Crippen molar-refractivity contribution in [2.45, 2.75) is 38.8 Å². The minimum atomic E-state index is 0.415. The Labute approximate surface area is 62.2 Å². The summed E-state index contributed by atoms with van der Waals surface area (Å²) in [4.78, 5) is 13.3. The molecule has 1 rings (SSSR count). The number of nitrogens with zero attached hydrogens (tertiary/aromatic N) is 1. The molecule has 10 heavy (non-hydrogen) atoms. The molecule has 2 nitrogen and oxygen atoms in total. The largest absolute Gasteiger partial charge is 0.300 e. The lowest BCUT2D eigenvalue weighted by Crippen LogP contribution is -2.43. The summed E-state index contributed by atoms with van der Waals surface area (Å²) in [6.07, 6.45) is 1.47. The maximum atomic E-state index is 11.0. The van der Waals surface area contributed by atoms with Gasteiger partial charge in [-0.15, -0.1) is 0 Å². The molecule has 0 aromatic rings. The zero-order valence-corrected chi connectivity index (χ0v) is 6.92. The van der Waals surface area contributed by atoms with Crippen LogP contribution in [0.2, 0.25) is 0 Å². The van der Waals surface area contributed by atoms with E-state index in [1.54, 1.807) is 0 Å². The molecule has 0 aromatic heterocycles. The quantitative estimate of drug-likeness (QED) is 0.502. The SMILES string of the molecule is C[C@@H]1CC(=O)C[C@@H](C)N1C. The molecule has 1 saturated heterocycles. The summed E-state index contributed by atoms with van der Waals surface area (Å²) < 4.78 is 0. The van der Waals surface area contributed by atoms with Crippen LogP contribution in [0.1, 0.15) is 26.7 Å². The first-order valence-electron chi connectivity index (χ1n) is 3.85. The molecule has 0 N–H and O–H groups in total. The molecule has 0 spiro atoms. The molecule has 0 unspecified atom stereocenters. The number of hydrogen-bond donors (Lipinski definition) is 0. The molecule has 0 aliphatic carbocycles. The maximum Gasteiger partial charge on any atom is 0.136 e. The molecule has 1 aliphatic rings. The molecule has 0 aromatic carbocycles. The second-order valence-corrected chi connectivity index (χ2v) is 3.31. The number of Topliss-reactive ketones (excluding diaryl/α,β-unsaturated/α-hetero) is 1. The van der Waals surface area contributed by atoms with Gasteiger partial charge in [0, 0.05) is 24.9 Å². The van der Waals surface area contributed by atoms with Gasteiger partial charge in [-0.2, -0.15) is 0 Å². The zero-order valence-electron chi connectivity index (χ0n) is 6.92. The molecule has 1 aliphatic heterocycles. The Bertz CT molecular complexity index is 130. The number of rotatable bonds is 0. The van der Waals surface area contributed by atoms with E-state index in [4.69, 9.17) is 0 Å². The predicted octanol–water partition coefficient (Wildman–Crippen LogP) is 1.06. The molecule has 58 valence electrons. The smallest absolute Gasteiger partial charge is 0.136 e. The summed E-state index contributed by atoms with van der Waals surface area (Å²) in [7, 11) is 2.09. The summed E-state index contributed by atoms with van der Waals surface area (Å²) in [5.41, 5.74) is 0. The normalized spacial score (nSPS) is 36.5. The monoisotopic (exact) mass is 141 g/mol. The average Bonchev–Trinajstić information content (AvgIpc) is 1.82. The van der Waals surface area contributed by atoms with Crippen LogP contribution >= 0.6 is 0 Å². The lowest BCUT2D eigenvalue weighted by molar-refractivity contribution is -0.124. The van der Waals surface area contributed by atoms with Gasteiger partial charge in [0.25, 0.3) is 0 Å². The third-order valence-corrected chi connectivity index (χ3v) is 2.44. The third kappa shape index (κ3) is 1.37. The van der Waals surface area contributed by atoms with Gasteiger partial charge in [0.2, 0.25) is 0 Å². The van der Waals surface area contributed by atoms with Crippen molar-refractivity contribution in [2.24, 2.45) is 0 Å². The van der Waals surface area contributed by atoms with Crippen molar-refractivity contribution < 1.29 is 4.79 Å². The van der Waals surface area contributed by atoms with Crippen molar-refractivity contribution in [1.29, 1.82) is 0 Å². The second kappa shape index (κ2) is 2.70. The second-order valence-electron chi connectivity index (χ2n) is 3.31. The van der Waals surface area contributed by atoms with Crippen molar-refractivity contribution >= 4 is 5.78 Å². The standard InChI is InChI=1S/C8H15NO/c1-6-4-8(10)5-7(2)9(6)3/h6-7H,4-5H2,1-3H3/t6-,7-/m1/s1. The van der Waals surface area contributed by atoms with Gasteiger partial charge in [-0.05, 0) is 20.9 Å². The van der Waals surface area contributed by atoms with E-state index in [1.165, 1.54) is 0 Å². The van der Waals surface area contributed by atoms with E-state index in [0.29, 0.717) is 17.9 Å². The highest BCUT2D eigenvalue weighted by Gasteiger charge is 2.25. The minimum Gasteiger partial charge on any atom is -0.300 e. The van der Waals surface area contributed by atoms with Crippen LogP contribution < -0.4 is 0 Å². The van der Waals surface area contributed by atoms with E-state index in [2.05, 4.69) is 25.8 Å². The van der Waals surface area contributed by atoms with Crippen LogP contribution in [0.3, 0.4) is 0 Å². The lowest BCUT2D eigenvalue weighted by Gasteiger charge is -2.34. The van der Waals surface area contributed by atoms with E-state index < -0.39 is 0 Å². The van der Waals surface area contributed by atoms with Gasteiger partial charge in [0.15, 0.2) is 0 Å². The summed E-state index contributed by atoms with van der Waals surface area (Å²) in [6, 6.07) is 0.882. The van der Waals surface area contributed by atoms with Crippen molar-refractivity contribution in [3.63, 3.8) is 0 Å². The Balaban J connectivity index is 2.57. The molecule has 0 amide bonds. The molecule has 0 bridgehead atoms. The minimum absolute atomic E-state index is 0.415. The first-order valence-corrected chi connectivity index (χ1v) is 3.85. The fourth-order valence-electron chi connectivity index (χ4n) is 1.46. The summed E-state index contributed by atoms with van der Waals surface area (Å²) >= 11 is 0. The van der Waals surface area contributed by atoms with E-state index in [-0.39, 0.29) is 0 Å². The number of ketones is 1. The van der Waals surface area contributed by atoms with Crippen LogP contribution in [0.4, 0.5) is 0 Å². The number of likely N-dealkylation sites (tertiary alicyclic amines) is 1. The van der Waals surface area contributed by atoms with E-state index in [1.807, 2.05) is 0 Å². The van der Waals surface area contributed by atoms with Crippen LogP contribution in [0.25, 0.3) is 0 Å². The van der Waals surface area contributed by atoms with Crippen LogP contribution in [0.15, 0.2) is 0 Å². The topological polar surface area (TPSA) is 20.3 Å². The molecule has 1 fully saturated rings. The Morgan fingerprint density at radius 1 is 1.30 bits per heavy atom. The molecule has 0 saturated carbocycles. The van der Waals surface area contributed by atoms with Crippen LogP contribution in [-0.4, -0.2) is 29.8 Å². The first kappa shape index (κ1) is 7.73. The highest BCUT2D eigenvalue weighted by atomic mass is 16.1. The number of carbonyl (C=O) groups is 1. The predicted molar refractivity (Wildman–Crippen MR) is 40.9 cm³/mol. The first-order chi connectivity index (χ1) is 4.61. The maximum absolute atomic E-state index is 11.0. The van der Waals surface area contributed by atoms with Crippen LogP contribution in [-0.2, 0) is 4.79 Å². The Kier molecular flexibility index (Phi) is 2.09. The number of carbonyl (C=O) groups excluding carboxylic acids is 1. The van der Waals surface area contributed by atoms with Gasteiger partial charge in [-0.1, -0.05) is 0 Å². The van der Waals surface area contributed by atoms with E-state index in [9.17, 15) is 4.79 Å². The van der Waals surface area contributed by atoms with Gasteiger partial charge >= 0.3 is 0 Å². The van der Waals surface area contributed by atoms with Gasteiger partial charge in [0.05, 0.1) is 0 Å². The average molecular weight is 141 g/mol. The lowest BCUT2D eigenvalue weighted by atomic mass is 9.97. The van der Waals surface area contributed by atoms with Gasteiger partial charge in [0.1, 0.15) is 5.78 Å². The van der Waals surface area contributed by atoms with Crippen molar-refractivity contribution in [1.82, 2.24) is 4.90 Å². The fraction of sp³-hybridized carbons (Fsp3) is 0.875. The Morgan fingerprint density at radius 2 is 1.70 bits per heavy atom. The summed E-state index contributed by atoms with van der Waals surface area (Å²) in [6.45, 7) is 4.21. The Hall–Kier alpha value is -0.370. The van der Waals surface area contributed by atoms with Crippen molar-refractivity contribution in [3.8, 4) is 0 Å². The van der Waals surface area contributed by atoms with Gasteiger partial charge < -0.3 is 4.90 Å². The Morgan fingerprint density at radius 3 is 2.10 bits per heavy atom. The van der Waals surface area contributed by atoms with Gasteiger partial charge in [-0.3, -0.25) is 4.79 Å². The number of piperidine rings is 1. The van der Waals surface area contributed by atoms with E-state index in [0.717, 1.165) is 12.8 Å². The molecular formula is C8H15NO. The van der Waals surface area contributed by atoms with Crippen LogP contribution in [0, 0.1) is 0 Å². The molecular weight excluding hydrogens is 126 g/mol.